The van der Waals surface area contributed by atoms with Crippen molar-refractivity contribution in [1.29, 1.82) is 0 Å². The number of thioether (sulfide) groups is 1. The Morgan fingerprint density at radius 1 is 1.40 bits per heavy atom. The van der Waals surface area contributed by atoms with E-state index >= 15 is 0 Å². The van der Waals surface area contributed by atoms with Gasteiger partial charge >= 0.3 is 0 Å². The van der Waals surface area contributed by atoms with E-state index in [1.54, 1.807) is 0 Å². The summed E-state index contributed by atoms with van der Waals surface area (Å²) in [6.45, 7) is 6.62. The van der Waals surface area contributed by atoms with E-state index in [1.807, 2.05) is 11.8 Å². The molecule has 0 aliphatic heterocycles. The molecule has 0 aromatic heterocycles. The minimum atomic E-state index is 0.859. The van der Waals surface area contributed by atoms with Crippen LogP contribution < -0.4 is 0 Å². The summed E-state index contributed by atoms with van der Waals surface area (Å²) < 4.78 is 0. The Morgan fingerprint density at radius 3 is 2.60 bits per heavy atom. The van der Waals surface area contributed by atoms with Gasteiger partial charge in [0.25, 0.3) is 0 Å². The van der Waals surface area contributed by atoms with Crippen molar-refractivity contribution in [1.82, 2.24) is 0 Å². The highest BCUT2D eigenvalue weighted by Crippen LogP contribution is 2.08. The molecule has 0 heterocycles. The van der Waals surface area contributed by atoms with Crippen molar-refractivity contribution in [3.05, 3.63) is 12.2 Å². The second kappa shape index (κ2) is 7.20. The lowest BCUT2D eigenvalue weighted by atomic mass is 10.2. The molecule has 0 amide bonds. The first kappa shape index (κ1) is 10.1. The molecular weight excluding hydrogens is 140 g/mol. The zero-order chi connectivity index (χ0) is 7.82. The van der Waals surface area contributed by atoms with Gasteiger partial charge in [0.15, 0.2) is 0 Å². The third kappa shape index (κ3) is 8.09. The first-order valence-corrected chi connectivity index (χ1v) is 5.11. The summed E-state index contributed by atoms with van der Waals surface area (Å²) in [4.78, 5) is 0. The third-order valence-electron chi connectivity index (χ3n) is 1.29. The van der Waals surface area contributed by atoms with E-state index in [1.165, 1.54) is 17.9 Å². The molecule has 1 heteroatoms. The molecule has 0 aromatic rings. The first-order chi connectivity index (χ1) is 4.77. The van der Waals surface area contributed by atoms with Crippen molar-refractivity contribution in [2.75, 3.05) is 11.5 Å². The number of hydrogen-bond acceptors (Lipinski definition) is 1. The molecule has 0 spiro atoms. The van der Waals surface area contributed by atoms with Crippen molar-refractivity contribution in [3.8, 4) is 0 Å². The Labute approximate surface area is 69.1 Å². The molecule has 0 unspecified atom stereocenters. The largest absolute Gasteiger partial charge is 0.158 e. The standard InChI is InChI=1S/C9H18S/c1-4-5-7-10-8-6-9(2)3/h4-5,9H,6-8H2,1-3H3. The average Bonchev–Trinajstić information content (AvgIpc) is 1.87. The maximum atomic E-state index is 2.27. The Kier molecular flexibility index (Phi) is 7.26. The van der Waals surface area contributed by atoms with E-state index in [-0.39, 0.29) is 0 Å². The van der Waals surface area contributed by atoms with Gasteiger partial charge in [-0.15, -0.1) is 0 Å². The fourth-order valence-electron chi connectivity index (χ4n) is 0.567. The number of allylic oxidation sites excluding steroid dienone is 1. The Bertz CT molecular complexity index is 84.7. The molecule has 10 heavy (non-hydrogen) atoms. The van der Waals surface area contributed by atoms with Crippen LogP contribution in [0.2, 0.25) is 0 Å². The fourth-order valence-corrected chi connectivity index (χ4v) is 1.70. The molecule has 0 saturated heterocycles. The molecule has 0 rings (SSSR count). The Hall–Kier alpha value is 0.0900. The molecule has 0 aliphatic carbocycles. The highest BCUT2D eigenvalue weighted by atomic mass is 32.2. The SMILES string of the molecule is CC=CCSCCC(C)C. The minimum Gasteiger partial charge on any atom is -0.158 e. The van der Waals surface area contributed by atoms with Crippen LogP contribution in [-0.2, 0) is 0 Å². The summed E-state index contributed by atoms with van der Waals surface area (Å²) >= 11 is 2.02. The second-order valence-corrected chi connectivity index (χ2v) is 3.98. The van der Waals surface area contributed by atoms with Crippen LogP contribution in [-0.4, -0.2) is 11.5 Å². The van der Waals surface area contributed by atoms with Crippen LogP contribution in [0.15, 0.2) is 12.2 Å². The predicted octanol–water partition coefficient (Wildman–Crippen LogP) is 3.34. The quantitative estimate of drug-likeness (QED) is 0.437. The smallest absolute Gasteiger partial charge is 0.0113 e. The summed E-state index contributed by atoms with van der Waals surface area (Å²) in [7, 11) is 0. The molecule has 60 valence electrons. The van der Waals surface area contributed by atoms with Gasteiger partial charge in [0.1, 0.15) is 0 Å². The van der Waals surface area contributed by atoms with Gasteiger partial charge in [-0.2, -0.15) is 11.8 Å². The molecule has 0 nitrogen and oxygen atoms in total. The lowest BCUT2D eigenvalue weighted by molar-refractivity contribution is 0.632. The lowest BCUT2D eigenvalue weighted by Gasteiger charge is -2.01. The van der Waals surface area contributed by atoms with Gasteiger partial charge in [0, 0.05) is 5.75 Å². The van der Waals surface area contributed by atoms with Gasteiger partial charge in [-0.1, -0.05) is 26.0 Å². The van der Waals surface area contributed by atoms with Gasteiger partial charge in [-0.25, -0.2) is 0 Å². The van der Waals surface area contributed by atoms with E-state index in [9.17, 15) is 0 Å². The van der Waals surface area contributed by atoms with Crippen LogP contribution >= 0.6 is 11.8 Å². The highest BCUT2D eigenvalue weighted by molar-refractivity contribution is 7.99. The predicted molar refractivity (Wildman–Crippen MR) is 51.6 cm³/mol. The maximum Gasteiger partial charge on any atom is 0.0113 e. The summed E-state index contributed by atoms with van der Waals surface area (Å²) in [5.41, 5.74) is 0. The van der Waals surface area contributed by atoms with E-state index in [4.69, 9.17) is 0 Å². The first-order valence-electron chi connectivity index (χ1n) is 3.96. The third-order valence-corrected chi connectivity index (χ3v) is 2.24. The van der Waals surface area contributed by atoms with Gasteiger partial charge in [0.2, 0.25) is 0 Å². The van der Waals surface area contributed by atoms with Gasteiger partial charge in [-0.3, -0.25) is 0 Å². The van der Waals surface area contributed by atoms with E-state index in [0.29, 0.717) is 0 Å². The molecule has 0 aromatic carbocycles. The van der Waals surface area contributed by atoms with E-state index < -0.39 is 0 Å². The normalized spacial score (nSPS) is 11.6. The Balaban J connectivity index is 2.91. The zero-order valence-corrected chi connectivity index (χ0v) is 8.08. The van der Waals surface area contributed by atoms with Crippen molar-refractivity contribution in [2.24, 2.45) is 5.92 Å². The molecular formula is C9H18S. The lowest BCUT2D eigenvalue weighted by Crippen LogP contribution is -1.89. The average molecular weight is 158 g/mol. The molecule has 0 saturated carbocycles. The van der Waals surface area contributed by atoms with E-state index in [0.717, 1.165) is 5.92 Å². The van der Waals surface area contributed by atoms with Crippen LogP contribution in [0.1, 0.15) is 27.2 Å². The molecule has 0 fully saturated rings. The maximum absolute atomic E-state index is 2.27. The number of hydrogen-bond donors (Lipinski definition) is 0. The topological polar surface area (TPSA) is 0 Å². The fraction of sp³-hybridized carbons (Fsp3) is 0.778. The minimum absolute atomic E-state index is 0.859. The van der Waals surface area contributed by atoms with Gasteiger partial charge in [-0.05, 0) is 25.0 Å². The van der Waals surface area contributed by atoms with Crippen molar-refractivity contribution < 1.29 is 0 Å². The van der Waals surface area contributed by atoms with Crippen LogP contribution in [0, 0.1) is 5.92 Å². The van der Waals surface area contributed by atoms with E-state index in [2.05, 4.69) is 32.9 Å². The van der Waals surface area contributed by atoms with Crippen LogP contribution in [0.4, 0.5) is 0 Å². The van der Waals surface area contributed by atoms with Gasteiger partial charge in [0.05, 0.1) is 0 Å². The monoisotopic (exact) mass is 158 g/mol. The summed E-state index contributed by atoms with van der Waals surface area (Å²) in [5.74, 6) is 3.35. The molecule has 0 aliphatic rings. The number of rotatable bonds is 5. The summed E-state index contributed by atoms with van der Waals surface area (Å²) in [6.07, 6.45) is 5.68. The molecule has 0 radical (unpaired) electrons. The second-order valence-electron chi connectivity index (χ2n) is 2.83. The summed E-state index contributed by atoms with van der Waals surface area (Å²) in [6, 6.07) is 0. The van der Waals surface area contributed by atoms with Crippen LogP contribution in [0.3, 0.4) is 0 Å². The molecule has 0 N–H and O–H groups in total. The summed E-state index contributed by atoms with van der Waals surface area (Å²) in [5, 5.41) is 0. The van der Waals surface area contributed by atoms with Gasteiger partial charge < -0.3 is 0 Å². The molecule has 0 atom stereocenters. The van der Waals surface area contributed by atoms with Crippen molar-refractivity contribution in [3.63, 3.8) is 0 Å². The molecule has 0 bridgehead atoms. The van der Waals surface area contributed by atoms with Crippen LogP contribution in [0.5, 0.6) is 0 Å². The highest BCUT2D eigenvalue weighted by Gasteiger charge is 1.91. The van der Waals surface area contributed by atoms with Crippen LogP contribution in [0.25, 0.3) is 0 Å². The Morgan fingerprint density at radius 2 is 2.10 bits per heavy atom. The van der Waals surface area contributed by atoms with Crippen molar-refractivity contribution in [2.45, 2.75) is 27.2 Å². The zero-order valence-electron chi connectivity index (χ0n) is 7.26. The van der Waals surface area contributed by atoms with Crippen molar-refractivity contribution >= 4 is 11.8 Å².